The van der Waals surface area contributed by atoms with Crippen LogP contribution in [0.3, 0.4) is 0 Å². The third-order valence-corrected chi connectivity index (χ3v) is 4.38. The Morgan fingerprint density at radius 2 is 2.05 bits per heavy atom. The summed E-state index contributed by atoms with van der Waals surface area (Å²) in [5.74, 6) is 1.43. The highest BCUT2D eigenvalue weighted by Gasteiger charge is 2.15. The Bertz CT molecular complexity index is 714. The van der Waals surface area contributed by atoms with Gasteiger partial charge < -0.3 is 4.90 Å². The van der Waals surface area contributed by atoms with Crippen molar-refractivity contribution in [2.24, 2.45) is 0 Å². The summed E-state index contributed by atoms with van der Waals surface area (Å²) in [5, 5.41) is 2.03. The third-order valence-electron chi connectivity index (χ3n) is 3.37. The molecule has 20 heavy (non-hydrogen) atoms. The average Bonchev–Trinajstić information content (AvgIpc) is 3.01. The first kappa shape index (κ1) is 13.5. The first-order valence-electron chi connectivity index (χ1n) is 6.46. The number of aryl methyl sites for hydroxylation is 1. The van der Waals surface area contributed by atoms with E-state index in [1.54, 1.807) is 11.3 Å². The third kappa shape index (κ3) is 2.41. The van der Waals surface area contributed by atoms with Crippen LogP contribution in [-0.4, -0.2) is 16.4 Å². The maximum atomic E-state index is 6.09. The van der Waals surface area contributed by atoms with E-state index in [4.69, 9.17) is 11.6 Å². The predicted molar refractivity (Wildman–Crippen MR) is 85.9 cm³/mol. The lowest BCUT2D eigenvalue weighted by molar-refractivity contribution is 0.894. The fourth-order valence-electron chi connectivity index (χ4n) is 2.29. The number of benzene rings is 1. The van der Waals surface area contributed by atoms with Crippen molar-refractivity contribution in [2.75, 3.05) is 11.9 Å². The summed E-state index contributed by atoms with van der Waals surface area (Å²) in [5.41, 5.74) is 3.60. The molecule has 1 aromatic carbocycles. The lowest BCUT2D eigenvalue weighted by Crippen LogP contribution is -2.18. The van der Waals surface area contributed by atoms with Crippen LogP contribution in [0.1, 0.15) is 16.8 Å². The van der Waals surface area contributed by atoms with E-state index >= 15 is 0 Å². The van der Waals surface area contributed by atoms with Gasteiger partial charge in [-0.05, 0) is 12.5 Å². The maximum absolute atomic E-state index is 6.09. The summed E-state index contributed by atoms with van der Waals surface area (Å²) < 4.78 is 2.07. The first-order valence-corrected chi connectivity index (χ1v) is 7.87. The van der Waals surface area contributed by atoms with Gasteiger partial charge in [-0.15, -0.1) is 22.9 Å². The fourth-order valence-corrected chi connectivity index (χ4v) is 3.27. The van der Waals surface area contributed by atoms with Crippen molar-refractivity contribution in [3.8, 4) is 0 Å². The Balaban J connectivity index is 1.89. The normalized spacial score (nSPS) is 11.2. The highest BCUT2D eigenvalue weighted by atomic mass is 35.5. The fraction of sp³-hybridized carbons (Fsp3) is 0.267. The maximum Gasteiger partial charge on any atom is 0.195 e. The zero-order chi connectivity index (χ0) is 14.1. The highest BCUT2D eigenvalue weighted by molar-refractivity contribution is 7.15. The molecule has 0 N–H and O–H groups in total. The van der Waals surface area contributed by atoms with Crippen LogP contribution in [0.2, 0.25) is 0 Å². The van der Waals surface area contributed by atoms with Crippen molar-refractivity contribution in [1.82, 2.24) is 9.38 Å². The van der Waals surface area contributed by atoms with E-state index in [2.05, 4.69) is 52.5 Å². The molecule has 2 aromatic heterocycles. The Morgan fingerprint density at radius 1 is 1.30 bits per heavy atom. The topological polar surface area (TPSA) is 20.5 Å². The van der Waals surface area contributed by atoms with Gasteiger partial charge in [-0.2, -0.15) is 0 Å². The van der Waals surface area contributed by atoms with E-state index in [0.717, 1.165) is 23.0 Å². The summed E-state index contributed by atoms with van der Waals surface area (Å²) in [7, 11) is 2.06. The number of anilines is 1. The molecule has 0 spiro atoms. The second kappa shape index (κ2) is 5.46. The van der Waals surface area contributed by atoms with Gasteiger partial charge in [0.2, 0.25) is 0 Å². The van der Waals surface area contributed by atoms with Crippen molar-refractivity contribution in [3.05, 3.63) is 52.7 Å². The number of thiazole rings is 1. The number of hydrogen-bond acceptors (Lipinski definition) is 3. The minimum atomic E-state index is 0.464. The minimum Gasteiger partial charge on any atom is -0.354 e. The number of fused-ring (bicyclic) bond motifs is 1. The smallest absolute Gasteiger partial charge is 0.195 e. The molecule has 0 aliphatic rings. The monoisotopic (exact) mass is 305 g/mol. The van der Waals surface area contributed by atoms with E-state index in [1.165, 1.54) is 11.1 Å². The second-order valence-corrected chi connectivity index (χ2v) is 6.05. The molecule has 3 aromatic rings. The first-order chi connectivity index (χ1) is 9.69. The SMILES string of the molecule is Cc1ccc(CN(C)c2nc3sccn3c2CCl)cc1. The molecule has 0 aliphatic carbocycles. The number of alkyl halides is 1. The summed E-state index contributed by atoms with van der Waals surface area (Å²) in [6, 6.07) is 8.59. The largest absolute Gasteiger partial charge is 0.354 e. The Hall–Kier alpha value is -1.52. The standard InChI is InChI=1S/C15H16ClN3S/c1-11-3-5-12(6-4-11)10-18(2)14-13(9-16)19-7-8-20-15(19)17-14/h3-8H,9-10H2,1-2H3. The summed E-state index contributed by atoms with van der Waals surface area (Å²) in [6.07, 6.45) is 2.02. The zero-order valence-corrected chi connectivity index (χ0v) is 13.1. The van der Waals surface area contributed by atoms with Gasteiger partial charge in [0, 0.05) is 25.2 Å². The molecule has 0 fully saturated rings. The molecule has 104 valence electrons. The van der Waals surface area contributed by atoms with Crippen LogP contribution < -0.4 is 4.90 Å². The summed E-state index contributed by atoms with van der Waals surface area (Å²) >= 11 is 7.72. The molecule has 0 aliphatic heterocycles. The zero-order valence-electron chi connectivity index (χ0n) is 11.5. The number of nitrogens with zero attached hydrogens (tertiary/aromatic N) is 3. The number of imidazole rings is 1. The molecular formula is C15H16ClN3S. The molecule has 0 amide bonds. The summed E-state index contributed by atoms with van der Waals surface area (Å²) in [6.45, 7) is 2.93. The number of rotatable bonds is 4. The molecule has 0 atom stereocenters. The van der Waals surface area contributed by atoms with Crippen LogP contribution >= 0.6 is 22.9 Å². The minimum absolute atomic E-state index is 0.464. The van der Waals surface area contributed by atoms with Gasteiger partial charge >= 0.3 is 0 Å². The quantitative estimate of drug-likeness (QED) is 0.677. The lowest BCUT2D eigenvalue weighted by atomic mass is 10.1. The van der Waals surface area contributed by atoms with Crippen LogP contribution in [0.15, 0.2) is 35.8 Å². The molecule has 5 heteroatoms. The molecular weight excluding hydrogens is 290 g/mol. The molecule has 0 radical (unpaired) electrons. The predicted octanol–water partition coefficient (Wildman–Crippen LogP) is 4.08. The number of halogens is 1. The van der Waals surface area contributed by atoms with Crippen molar-refractivity contribution in [3.63, 3.8) is 0 Å². The molecule has 0 bridgehead atoms. The van der Waals surface area contributed by atoms with E-state index in [1.807, 2.05) is 11.6 Å². The van der Waals surface area contributed by atoms with Crippen LogP contribution in [0.25, 0.3) is 4.96 Å². The summed E-state index contributed by atoms with van der Waals surface area (Å²) in [4.78, 5) is 7.83. The van der Waals surface area contributed by atoms with Gasteiger partial charge in [-0.25, -0.2) is 4.98 Å². The molecule has 0 saturated heterocycles. The van der Waals surface area contributed by atoms with Crippen LogP contribution in [0.5, 0.6) is 0 Å². The van der Waals surface area contributed by atoms with Crippen molar-refractivity contribution in [2.45, 2.75) is 19.3 Å². The van der Waals surface area contributed by atoms with Gasteiger partial charge in [0.25, 0.3) is 0 Å². The van der Waals surface area contributed by atoms with Gasteiger partial charge in [0.1, 0.15) is 0 Å². The molecule has 3 nitrogen and oxygen atoms in total. The average molecular weight is 306 g/mol. The van der Waals surface area contributed by atoms with E-state index in [0.29, 0.717) is 5.88 Å². The molecule has 2 heterocycles. The highest BCUT2D eigenvalue weighted by Crippen LogP contribution is 2.26. The van der Waals surface area contributed by atoms with Gasteiger partial charge in [-0.1, -0.05) is 29.8 Å². The lowest BCUT2D eigenvalue weighted by Gasteiger charge is -2.18. The van der Waals surface area contributed by atoms with Gasteiger partial charge in [-0.3, -0.25) is 4.40 Å². The number of aromatic nitrogens is 2. The Morgan fingerprint density at radius 3 is 2.75 bits per heavy atom. The van der Waals surface area contributed by atoms with Crippen molar-refractivity contribution < 1.29 is 0 Å². The van der Waals surface area contributed by atoms with Crippen LogP contribution in [0.4, 0.5) is 5.82 Å². The Labute approximate surface area is 127 Å². The van der Waals surface area contributed by atoms with Gasteiger partial charge in [0.15, 0.2) is 10.8 Å². The molecule has 3 rings (SSSR count). The van der Waals surface area contributed by atoms with E-state index in [-0.39, 0.29) is 0 Å². The van der Waals surface area contributed by atoms with Crippen LogP contribution in [0, 0.1) is 6.92 Å². The molecule has 0 saturated carbocycles. The van der Waals surface area contributed by atoms with E-state index < -0.39 is 0 Å². The van der Waals surface area contributed by atoms with E-state index in [9.17, 15) is 0 Å². The number of hydrogen-bond donors (Lipinski definition) is 0. The second-order valence-electron chi connectivity index (χ2n) is 4.91. The van der Waals surface area contributed by atoms with Gasteiger partial charge in [0.05, 0.1) is 11.6 Å². The van der Waals surface area contributed by atoms with Crippen molar-refractivity contribution >= 4 is 33.7 Å². The molecule has 0 unspecified atom stereocenters. The Kier molecular flexibility index (Phi) is 3.68. The van der Waals surface area contributed by atoms with Crippen LogP contribution in [-0.2, 0) is 12.4 Å². The van der Waals surface area contributed by atoms with Crippen molar-refractivity contribution in [1.29, 1.82) is 0 Å².